The van der Waals surface area contributed by atoms with Crippen LogP contribution in [0, 0.1) is 0 Å². The van der Waals surface area contributed by atoms with Gasteiger partial charge in [0.15, 0.2) is 0 Å². The van der Waals surface area contributed by atoms with Crippen molar-refractivity contribution >= 4 is 29.1 Å². The van der Waals surface area contributed by atoms with Gasteiger partial charge in [0.2, 0.25) is 5.91 Å². The number of thiophene rings is 1. The highest BCUT2D eigenvalue weighted by atomic mass is 32.1. The highest BCUT2D eigenvalue weighted by molar-refractivity contribution is 7.07. The second-order valence-electron chi connectivity index (χ2n) is 5.29. The van der Waals surface area contributed by atoms with Crippen molar-refractivity contribution in [1.82, 2.24) is 15.1 Å². The van der Waals surface area contributed by atoms with Crippen LogP contribution in [0.15, 0.2) is 16.8 Å². The van der Waals surface area contributed by atoms with Gasteiger partial charge in [-0.3, -0.25) is 14.4 Å². The summed E-state index contributed by atoms with van der Waals surface area (Å²) in [4.78, 5) is 38.5. The molecule has 7 nitrogen and oxygen atoms in total. The second-order valence-corrected chi connectivity index (χ2v) is 6.07. The maximum Gasteiger partial charge on any atom is 0.312 e. The van der Waals surface area contributed by atoms with E-state index in [9.17, 15) is 14.4 Å². The van der Waals surface area contributed by atoms with Crippen molar-refractivity contribution in [1.29, 1.82) is 0 Å². The third kappa shape index (κ3) is 4.52. The summed E-state index contributed by atoms with van der Waals surface area (Å²) in [5, 5.41) is 6.50. The summed E-state index contributed by atoms with van der Waals surface area (Å²) in [5.41, 5.74) is 0.973. The lowest BCUT2D eigenvalue weighted by atomic mass is 10.2. The largest absolute Gasteiger partial charge is 0.375 e. The Morgan fingerprint density at radius 1 is 1.26 bits per heavy atom. The number of ether oxygens (including phenoxy) is 1. The maximum atomic E-state index is 12.1. The molecule has 3 amide bonds. The monoisotopic (exact) mass is 339 g/mol. The molecule has 0 spiro atoms. The molecule has 1 N–H and O–H groups in total. The Hall–Kier alpha value is -1.93. The molecule has 0 aromatic carbocycles. The Kier molecular flexibility index (Phi) is 6.12. The SMILES string of the molecule is COC(CNC(=O)C(=O)N1CCN(C(C)=O)CC1)c1ccsc1. The Morgan fingerprint density at radius 3 is 2.43 bits per heavy atom. The van der Waals surface area contributed by atoms with E-state index in [1.54, 1.807) is 23.3 Å². The quantitative estimate of drug-likeness (QED) is 0.797. The molecule has 1 aromatic heterocycles. The Balaban J connectivity index is 1.81. The smallest absolute Gasteiger partial charge is 0.312 e. The molecule has 1 saturated heterocycles. The van der Waals surface area contributed by atoms with Gasteiger partial charge in [0.1, 0.15) is 6.10 Å². The molecule has 126 valence electrons. The van der Waals surface area contributed by atoms with Gasteiger partial charge in [0.25, 0.3) is 0 Å². The summed E-state index contributed by atoms with van der Waals surface area (Å²) in [6.07, 6.45) is -0.271. The molecule has 1 aliphatic heterocycles. The normalized spacial score (nSPS) is 16.1. The number of amides is 3. The minimum atomic E-state index is -0.640. The Labute approximate surface area is 139 Å². The molecule has 1 aliphatic rings. The zero-order valence-electron chi connectivity index (χ0n) is 13.3. The van der Waals surface area contributed by atoms with E-state index in [2.05, 4.69) is 5.32 Å². The molecular formula is C15H21N3O4S. The molecule has 0 aliphatic carbocycles. The number of nitrogens with one attached hydrogen (secondary N) is 1. The molecule has 1 fully saturated rings. The van der Waals surface area contributed by atoms with E-state index in [4.69, 9.17) is 4.74 Å². The first-order valence-corrected chi connectivity index (χ1v) is 8.34. The highest BCUT2D eigenvalue weighted by Gasteiger charge is 2.27. The fraction of sp³-hybridized carbons (Fsp3) is 0.533. The van der Waals surface area contributed by atoms with Crippen molar-refractivity contribution in [2.24, 2.45) is 0 Å². The number of piperazine rings is 1. The minimum Gasteiger partial charge on any atom is -0.375 e. The first kappa shape index (κ1) is 17.4. The van der Waals surface area contributed by atoms with Crippen LogP contribution in [0.5, 0.6) is 0 Å². The third-order valence-corrected chi connectivity index (χ3v) is 4.56. The van der Waals surface area contributed by atoms with Crippen LogP contribution in [0.4, 0.5) is 0 Å². The van der Waals surface area contributed by atoms with E-state index in [1.807, 2.05) is 16.8 Å². The number of carbonyl (C=O) groups excluding carboxylic acids is 3. The molecule has 1 atom stereocenters. The third-order valence-electron chi connectivity index (χ3n) is 3.85. The standard InChI is InChI=1S/C15H21N3O4S/c1-11(19)17-4-6-18(7-5-17)15(21)14(20)16-9-13(22-2)12-3-8-23-10-12/h3,8,10,13H,4-7,9H2,1-2H3,(H,16,20). The zero-order chi connectivity index (χ0) is 16.8. The van der Waals surface area contributed by atoms with Crippen molar-refractivity contribution < 1.29 is 19.1 Å². The first-order chi connectivity index (χ1) is 11.0. The molecule has 23 heavy (non-hydrogen) atoms. The number of rotatable bonds is 4. The van der Waals surface area contributed by atoms with Gasteiger partial charge in [-0.15, -0.1) is 0 Å². The molecule has 2 heterocycles. The zero-order valence-corrected chi connectivity index (χ0v) is 14.1. The first-order valence-electron chi connectivity index (χ1n) is 7.40. The Bertz CT molecular complexity index is 553. The number of carbonyl (C=O) groups is 3. The van der Waals surface area contributed by atoms with Gasteiger partial charge in [-0.2, -0.15) is 11.3 Å². The van der Waals surface area contributed by atoms with Crippen molar-refractivity contribution in [3.8, 4) is 0 Å². The minimum absolute atomic E-state index is 0.0137. The molecule has 0 saturated carbocycles. The molecule has 2 rings (SSSR count). The van der Waals surface area contributed by atoms with Crippen LogP contribution < -0.4 is 5.32 Å². The summed E-state index contributed by atoms with van der Waals surface area (Å²) >= 11 is 1.55. The van der Waals surface area contributed by atoms with Crippen LogP contribution in [0.2, 0.25) is 0 Å². The van der Waals surface area contributed by atoms with Gasteiger partial charge in [0.05, 0.1) is 0 Å². The van der Waals surface area contributed by atoms with E-state index in [-0.39, 0.29) is 18.6 Å². The number of hydrogen-bond donors (Lipinski definition) is 1. The van der Waals surface area contributed by atoms with Gasteiger partial charge in [-0.25, -0.2) is 0 Å². The van der Waals surface area contributed by atoms with E-state index < -0.39 is 11.8 Å². The lowest BCUT2D eigenvalue weighted by Gasteiger charge is -2.33. The lowest BCUT2D eigenvalue weighted by Crippen LogP contribution is -2.53. The van der Waals surface area contributed by atoms with Gasteiger partial charge < -0.3 is 19.9 Å². The maximum absolute atomic E-state index is 12.1. The molecule has 0 bridgehead atoms. The van der Waals surface area contributed by atoms with Crippen LogP contribution in [-0.2, 0) is 19.1 Å². The van der Waals surface area contributed by atoms with Gasteiger partial charge >= 0.3 is 11.8 Å². The predicted octanol–water partition coefficient (Wildman–Crippen LogP) is 0.243. The summed E-state index contributed by atoms with van der Waals surface area (Å²) in [6, 6.07) is 1.92. The number of nitrogens with zero attached hydrogens (tertiary/aromatic N) is 2. The number of methoxy groups -OCH3 is 1. The van der Waals surface area contributed by atoms with Crippen LogP contribution >= 0.6 is 11.3 Å². The van der Waals surface area contributed by atoms with E-state index in [0.717, 1.165) is 5.56 Å². The van der Waals surface area contributed by atoms with Crippen molar-refractivity contribution in [2.45, 2.75) is 13.0 Å². The molecule has 1 unspecified atom stereocenters. The van der Waals surface area contributed by atoms with Crippen molar-refractivity contribution in [3.05, 3.63) is 22.4 Å². The summed E-state index contributed by atoms with van der Waals surface area (Å²) in [7, 11) is 1.57. The molecule has 8 heteroatoms. The van der Waals surface area contributed by atoms with Crippen LogP contribution in [0.1, 0.15) is 18.6 Å². The summed E-state index contributed by atoms with van der Waals surface area (Å²) in [6.45, 7) is 3.42. The van der Waals surface area contributed by atoms with E-state index in [1.165, 1.54) is 11.8 Å². The van der Waals surface area contributed by atoms with Crippen LogP contribution in [-0.4, -0.2) is 67.4 Å². The van der Waals surface area contributed by atoms with Crippen LogP contribution in [0.3, 0.4) is 0 Å². The highest BCUT2D eigenvalue weighted by Crippen LogP contribution is 2.18. The van der Waals surface area contributed by atoms with Crippen LogP contribution in [0.25, 0.3) is 0 Å². The average Bonchev–Trinajstić information content (AvgIpc) is 3.09. The lowest BCUT2D eigenvalue weighted by molar-refractivity contribution is -0.148. The van der Waals surface area contributed by atoms with E-state index >= 15 is 0 Å². The summed E-state index contributed by atoms with van der Waals surface area (Å²) in [5.74, 6) is -1.22. The fourth-order valence-electron chi connectivity index (χ4n) is 2.42. The molecular weight excluding hydrogens is 318 g/mol. The van der Waals surface area contributed by atoms with Crippen molar-refractivity contribution in [3.63, 3.8) is 0 Å². The molecule has 0 radical (unpaired) electrons. The van der Waals surface area contributed by atoms with E-state index in [0.29, 0.717) is 26.2 Å². The molecule has 1 aromatic rings. The Morgan fingerprint density at radius 2 is 1.91 bits per heavy atom. The summed E-state index contributed by atoms with van der Waals surface area (Å²) < 4.78 is 5.33. The topological polar surface area (TPSA) is 79.0 Å². The van der Waals surface area contributed by atoms with Gasteiger partial charge in [-0.05, 0) is 22.4 Å². The predicted molar refractivity (Wildman–Crippen MR) is 85.9 cm³/mol. The van der Waals surface area contributed by atoms with Gasteiger partial charge in [-0.1, -0.05) is 0 Å². The van der Waals surface area contributed by atoms with Crippen molar-refractivity contribution in [2.75, 3.05) is 39.8 Å². The van der Waals surface area contributed by atoms with Gasteiger partial charge in [0, 0.05) is 46.8 Å². The average molecular weight is 339 g/mol. The second kappa shape index (κ2) is 8.07. The fourth-order valence-corrected chi connectivity index (χ4v) is 3.13. The number of hydrogen-bond acceptors (Lipinski definition) is 5.